The molecule has 0 aliphatic carbocycles. The molecule has 2 rings (SSSR count). The maximum Gasteiger partial charge on any atom is 0.330 e. The second-order valence-corrected chi connectivity index (χ2v) is 7.73. The van der Waals surface area contributed by atoms with Crippen molar-refractivity contribution in [2.75, 3.05) is 23.8 Å². The highest BCUT2D eigenvalue weighted by atomic mass is 79.9. The minimum absolute atomic E-state index is 0.0318. The molecule has 0 saturated heterocycles. The van der Waals surface area contributed by atoms with Crippen LogP contribution in [-0.2, 0) is 11.3 Å². The number of unbranched alkanes of at least 4 members (excludes halogenated alkanes) is 1. The Balaban J connectivity index is 2.33. The molecular weight excluding hydrogens is 464 g/mol. The molecule has 29 heavy (non-hydrogen) atoms. The van der Waals surface area contributed by atoms with Gasteiger partial charge in [-0.15, -0.1) is 0 Å². The number of H-pyrrole nitrogens is 1. The Bertz CT molecular complexity index is 989. The molecule has 0 bridgehead atoms. The summed E-state index contributed by atoms with van der Waals surface area (Å²) in [7, 11) is 0. The number of carbonyl (C=O) groups is 1. The van der Waals surface area contributed by atoms with Crippen LogP contribution < -0.4 is 26.6 Å². The van der Waals surface area contributed by atoms with E-state index < -0.39 is 17.2 Å². The van der Waals surface area contributed by atoms with E-state index in [1.165, 1.54) is 9.47 Å². The molecule has 0 fully saturated rings. The Kier molecular flexibility index (Phi) is 8.33. The quantitative estimate of drug-likeness (QED) is 0.564. The molecule has 0 atom stereocenters. The Morgan fingerprint density at radius 1 is 1.31 bits per heavy atom. The third-order valence-electron chi connectivity index (χ3n) is 4.21. The number of hydrogen-bond acceptors (Lipinski definition) is 5. The zero-order valence-electron chi connectivity index (χ0n) is 16.3. The van der Waals surface area contributed by atoms with Gasteiger partial charge in [0.2, 0.25) is 0 Å². The molecule has 8 nitrogen and oxygen atoms in total. The van der Waals surface area contributed by atoms with Crippen molar-refractivity contribution in [2.24, 2.45) is 0 Å². The van der Waals surface area contributed by atoms with Gasteiger partial charge in [-0.05, 0) is 31.0 Å². The van der Waals surface area contributed by atoms with Crippen LogP contribution in [0.25, 0.3) is 0 Å². The summed E-state index contributed by atoms with van der Waals surface area (Å²) < 4.78 is 7.60. The van der Waals surface area contributed by atoms with Crippen molar-refractivity contribution in [1.82, 2.24) is 9.55 Å². The van der Waals surface area contributed by atoms with Gasteiger partial charge in [-0.2, -0.15) is 0 Å². The highest BCUT2D eigenvalue weighted by Gasteiger charge is 2.24. The fourth-order valence-electron chi connectivity index (χ4n) is 2.77. The second kappa shape index (κ2) is 10.5. The van der Waals surface area contributed by atoms with Gasteiger partial charge in [0.05, 0.1) is 5.02 Å². The molecule has 3 N–H and O–H groups in total. The molecule has 1 heterocycles. The topological polar surface area (TPSA) is 110 Å². The largest absolute Gasteiger partial charge is 0.482 e. The predicted octanol–water partition coefficient (Wildman–Crippen LogP) is 3.16. The summed E-state index contributed by atoms with van der Waals surface area (Å²) in [5.41, 5.74) is 4.79. The van der Waals surface area contributed by atoms with Crippen molar-refractivity contribution in [2.45, 2.75) is 39.7 Å². The molecule has 2 aromatic rings. The lowest BCUT2D eigenvalue weighted by atomic mass is 10.3. The Morgan fingerprint density at radius 3 is 2.66 bits per heavy atom. The van der Waals surface area contributed by atoms with Crippen LogP contribution in [0.2, 0.25) is 5.02 Å². The highest BCUT2D eigenvalue weighted by Crippen LogP contribution is 2.28. The first kappa shape index (κ1) is 23.0. The number of halogens is 2. The van der Waals surface area contributed by atoms with E-state index in [-0.39, 0.29) is 24.7 Å². The van der Waals surface area contributed by atoms with Gasteiger partial charge in [-0.25, -0.2) is 4.79 Å². The minimum Gasteiger partial charge on any atom is -0.482 e. The van der Waals surface area contributed by atoms with Crippen LogP contribution in [0, 0.1) is 0 Å². The van der Waals surface area contributed by atoms with Gasteiger partial charge < -0.3 is 15.4 Å². The van der Waals surface area contributed by atoms with Gasteiger partial charge in [-0.1, -0.05) is 47.8 Å². The number of ether oxygens (including phenoxy) is 1. The van der Waals surface area contributed by atoms with Gasteiger partial charge in [0.1, 0.15) is 11.6 Å². The van der Waals surface area contributed by atoms with Gasteiger partial charge in [0.15, 0.2) is 12.3 Å². The normalized spacial score (nSPS) is 10.8. The number of rotatable bonds is 9. The first-order chi connectivity index (χ1) is 13.8. The van der Waals surface area contributed by atoms with E-state index in [1.54, 1.807) is 18.2 Å². The van der Waals surface area contributed by atoms with Crippen molar-refractivity contribution >= 4 is 44.9 Å². The molecule has 0 spiro atoms. The molecule has 10 heteroatoms. The number of amides is 1. The van der Waals surface area contributed by atoms with Crippen molar-refractivity contribution < 1.29 is 9.53 Å². The summed E-state index contributed by atoms with van der Waals surface area (Å²) in [5.74, 6) is -0.158. The summed E-state index contributed by atoms with van der Waals surface area (Å²) in [6.45, 7) is 4.10. The summed E-state index contributed by atoms with van der Waals surface area (Å²) in [5, 5.41) is 0.347. The summed E-state index contributed by atoms with van der Waals surface area (Å²) in [6, 6.07) is 5.02. The zero-order chi connectivity index (χ0) is 21.6. The van der Waals surface area contributed by atoms with Gasteiger partial charge in [0, 0.05) is 17.6 Å². The molecule has 158 valence electrons. The third kappa shape index (κ3) is 5.63. The van der Waals surface area contributed by atoms with Crippen molar-refractivity contribution in [1.29, 1.82) is 0 Å². The SMILES string of the molecule is CCCCn1c(N)c(N(CCC)C(=O)COc2ccc(Br)cc2Cl)c(=O)[nH]c1=O. The number of aromatic nitrogens is 2. The zero-order valence-corrected chi connectivity index (χ0v) is 18.7. The number of nitrogens with one attached hydrogen (secondary N) is 1. The second-order valence-electron chi connectivity index (χ2n) is 6.41. The van der Waals surface area contributed by atoms with E-state index in [1.807, 2.05) is 13.8 Å². The maximum atomic E-state index is 12.9. The lowest BCUT2D eigenvalue weighted by molar-refractivity contribution is -0.120. The van der Waals surface area contributed by atoms with Crippen LogP contribution in [0.15, 0.2) is 32.3 Å². The van der Waals surface area contributed by atoms with Crippen molar-refractivity contribution in [3.63, 3.8) is 0 Å². The number of benzene rings is 1. The molecule has 0 aliphatic rings. The van der Waals surface area contributed by atoms with Crippen LogP contribution in [-0.4, -0.2) is 28.6 Å². The third-order valence-corrected chi connectivity index (χ3v) is 5.00. The van der Waals surface area contributed by atoms with Gasteiger partial charge in [-0.3, -0.25) is 19.1 Å². The summed E-state index contributed by atoms with van der Waals surface area (Å²) in [6.07, 6.45) is 2.14. The van der Waals surface area contributed by atoms with Gasteiger partial charge >= 0.3 is 5.69 Å². The number of anilines is 2. The standard InChI is InChI=1S/C19H24BrClN4O4/c1-3-5-9-25-17(22)16(18(27)23-19(25)28)24(8-4-2)15(26)11-29-14-7-6-12(20)10-13(14)21/h6-7,10H,3-5,8-9,11,22H2,1-2H3,(H,23,27,28). The molecule has 0 radical (unpaired) electrons. The molecule has 0 saturated carbocycles. The fourth-order valence-corrected chi connectivity index (χ4v) is 3.50. The lowest BCUT2D eigenvalue weighted by Gasteiger charge is -2.24. The Hall–Kier alpha value is -2.26. The number of nitrogens with zero attached hydrogens (tertiary/aromatic N) is 2. The number of aromatic amines is 1. The summed E-state index contributed by atoms with van der Waals surface area (Å²) >= 11 is 9.42. The van der Waals surface area contributed by atoms with Gasteiger partial charge in [0.25, 0.3) is 11.5 Å². The highest BCUT2D eigenvalue weighted by molar-refractivity contribution is 9.10. The monoisotopic (exact) mass is 486 g/mol. The molecule has 1 aromatic carbocycles. The van der Waals surface area contributed by atoms with E-state index in [4.69, 9.17) is 22.1 Å². The smallest absolute Gasteiger partial charge is 0.330 e. The number of carbonyl (C=O) groups excluding carboxylic acids is 1. The van der Waals surface area contributed by atoms with E-state index in [0.29, 0.717) is 30.2 Å². The molecule has 0 unspecified atom stereocenters. The van der Waals surface area contributed by atoms with Crippen LogP contribution in [0.5, 0.6) is 5.75 Å². The minimum atomic E-state index is -0.705. The van der Waals surface area contributed by atoms with Crippen LogP contribution in [0.1, 0.15) is 33.1 Å². The Labute approximate surface area is 181 Å². The number of nitrogens with two attached hydrogens (primary N) is 1. The van der Waals surface area contributed by atoms with E-state index in [2.05, 4.69) is 20.9 Å². The average Bonchev–Trinajstić information content (AvgIpc) is 2.66. The molecule has 1 aromatic heterocycles. The maximum absolute atomic E-state index is 12.9. The molecular formula is C19H24BrClN4O4. The van der Waals surface area contributed by atoms with Crippen molar-refractivity contribution in [3.8, 4) is 5.75 Å². The van der Waals surface area contributed by atoms with Crippen LogP contribution in [0.4, 0.5) is 11.5 Å². The first-order valence-electron chi connectivity index (χ1n) is 9.30. The van der Waals surface area contributed by atoms with E-state index in [0.717, 1.165) is 10.9 Å². The molecule has 1 amide bonds. The first-order valence-corrected chi connectivity index (χ1v) is 10.5. The molecule has 0 aliphatic heterocycles. The Morgan fingerprint density at radius 2 is 2.03 bits per heavy atom. The van der Waals surface area contributed by atoms with Crippen LogP contribution >= 0.6 is 27.5 Å². The van der Waals surface area contributed by atoms with E-state index >= 15 is 0 Å². The number of nitrogen functional groups attached to an aromatic ring is 1. The van der Waals surface area contributed by atoms with Crippen molar-refractivity contribution in [3.05, 3.63) is 48.5 Å². The number of hydrogen-bond donors (Lipinski definition) is 2. The lowest BCUT2D eigenvalue weighted by Crippen LogP contribution is -2.43. The van der Waals surface area contributed by atoms with Crippen LogP contribution in [0.3, 0.4) is 0 Å². The summed E-state index contributed by atoms with van der Waals surface area (Å²) in [4.78, 5) is 40.9. The van der Waals surface area contributed by atoms with E-state index in [9.17, 15) is 14.4 Å². The predicted molar refractivity (Wildman–Crippen MR) is 118 cm³/mol. The fraction of sp³-hybridized carbons (Fsp3) is 0.421. The average molecular weight is 488 g/mol.